The van der Waals surface area contributed by atoms with E-state index in [4.69, 9.17) is 4.74 Å². The van der Waals surface area contributed by atoms with Crippen LogP contribution in [0.1, 0.15) is 36.3 Å². The fraction of sp³-hybridized carbons (Fsp3) is 0.611. The van der Waals surface area contributed by atoms with E-state index in [1.54, 1.807) is 12.3 Å². The summed E-state index contributed by atoms with van der Waals surface area (Å²) in [5.74, 6) is -0.00889. The molecule has 0 radical (unpaired) electrons. The lowest BCUT2D eigenvalue weighted by Crippen LogP contribution is -2.46. The van der Waals surface area contributed by atoms with Crippen LogP contribution < -0.4 is 0 Å². The molecule has 3 heterocycles. The lowest BCUT2D eigenvalue weighted by Gasteiger charge is -2.34. The zero-order chi connectivity index (χ0) is 17.3. The maximum absolute atomic E-state index is 12.7. The number of amides is 2. The van der Waals surface area contributed by atoms with Crippen LogP contribution in [0.2, 0.25) is 0 Å². The summed E-state index contributed by atoms with van der Waals surface area (Å²) >= 11 is 0. The lowest BCUT2D eigenvalue weighted by atomic mass is 9.87. The Morgan fingerprint density at radius 3 is 2.79 bits per heavy atom. The van der Waals surface area contributed by atoms with E-state index < -0.39 is 0 Å². The number of ether oxygens (including phenoxy) is 1. The number of likely N-dealkylation sites (tertiary alicyclic amines) is 1. The van der Waals surface area contributed by atoms with Crippen LogP contribution in [0.5, 0.6) is 0 Å². The average Bonchev–Trinajstić information content (AvgIpc) is 2.88. The predicted octanol–water partition coefficient (Wildman–Crippen LogP) is 1.49. The summed E-state index contributed by atoms with van der Waals surface area (Å²) in [6.45, 7) is 8.58. The van der Waals surface area contributed by atoms with E-state index in [0.717, 1.165) is 12.0 Å². The molecule has 1 spiro atoms. The van der Waals surface area contributed by atoms with E-state index in [0.29, 0.717) is 31.9 Å². The second-order valence-corrected chi connectivity index (χ2v) is 7.31. The number of hydrogen-bond acceptors (Lipinski definition) is 4. The van der Waals surface area contributed by atoms with Crippen molar-refractivity contribution in [1.29, 1.82) is 0 Å². The van der Waals surface area contributed by atoms with Crippen molar-refractivity contribution >= 4 is 11.8 Å². The monoisotopic (exact) mass is 331 g/mol. The SMILES string of the molecule is Cc1ccc(C(=O)N2CCC3(COCC(=O)N(C(C)C)C3)C2)nc1. The van der Waals surface area contributed by atoms with Crippen molar-refractivity contribution in [2.24, 2.45) is 5.41 Å². The largest absolute Gasteiger partial charge is 0.371 e. The molecular formula is C18H25N3O3. The first kappa shape index (κ1) is 16.9. The Morgan fingerprint density at radius 1 is 1.33 bits per heavy atom. The highest BCUT2D eigenvalue weighted by Gasteiger charge is 2.44. The molecule has 1 aromatic rings. The number of carbonyl (C=O) groups is 2. The third-order valence-electron chi connectivity index (χ3n) is 4.94. The van der Waals surface area contributed by atoms with Crippen molar-refractivity contribution in [2.75, 3.05) is 32.8 Å². The summed E-state index contributed by atoms with van der Waals surface area (Å²) in [7, 11) is 0. The van der Waals surface area contributed by atoms with Crippen LogP contribution in [0, 0.1) is 12.3 Å². The third kappa shape index (κ3) is 3.29. The van der Waals surface area contributed by atoms with Crippen molar-refractivity contribution in [2.45, 2.75) is 33.2 Å². The highest BCUT2D eigenvalue weighted by atomic mass is 16.5. The first-order chi connectivity index (χ1) is 11.4. The van der Waals surface area contributed by atoms with E-state index in [-0.39, 0.29) is 29.9 Å². The Hall–Kier alpha value is -1.95. The van der Waals surface area contributed by atoms with E-state index in [9.17, 15) is 9.59 Å². The number of rotatable bonds is 2. The molecule has 0 aromatic carbocycles. The molecule has 1 atom stereocenters. The Morgan fingerprint density at radius 2 is 2.12 bits per heavy atom. The minimum absolute atomic E-state index is 0.0341. The van der Waals surface area contributed by atoms with Gasteiger partial charge in [0.25, 0.3) is 5.91 Å². The summed E-state index contributed by atoms with van der Waals surface area (Å²) in [5.41, 5.74) is 1.34. The van der Waals surface area contributed by atoms with Crippen molar-refractivity contribution in [3.05, 3.63) is 29.6 Å². The van der Waals surface area contributed by atoms with Crippen molar-refractivity contribution in [1.82, 2.24) is 14.8 Å². The average molecular weight is 331 g/mol. The van der Waals surface area contributed by atoms with Gasteiger partial charge in [-0.1, -0.05) is 6.07 Å². The first-order valence-corrected chi connectivity index (χ1v) is 8.49. The van der Waals surface area contributed by atoms with Gasteiger partial charge in [0.15, 0.2) is 0 Å². The summed E-state index contributed by atoms with van der Waals surface area (Å²) in [4.78, 5) is 32.8. The molecule has 0 aliphatic carbocycles. The van der Waals surface area contributed by atoms with Gasteiger partial charge in [-0.3, -0.25) is 14.6 Å². The van der Waals surface area contributed by atoms with Gasteiger partial charge >= 0.3 is 0 Å². The molecule has 24 heavy (non-hydrogen) atoms. The number of pyridine rings is 1. The van der Waals surface area contributed by atoms with Gasteiger partial charge in [0.1, 0.15) is 12.3 Å². The molecule has 0 N–H and O–H groups in total. The summed E-state index contributed by atoms with van der Waals surface area (Å²) in [5, 5.41) is 0. The zero-order valence-corrected chi connectivity index (χ0v) is 14.6. The fourth-order valence-corrected chi connectivity index (χ4v) is 3.52. The van der Waals surface area contributed by atoms with Gasteiger partial charge in [0.2, 0.25) is 5.91 Å². The van der Waals surface area contributed by atoms with Gasteiger partial charge in [0, 0.05) is 37.3 Å². The molecule has 2 saturated heterocycles. The van der Waals surface area contributed by atoms with Crippen LogP contribution in [-0.4, -0.2) is 65.5 Å². The summed E-state index contributed by atoms with van der Waals surface area (Å²) in [6.07, 6.45) is 2.56. The molecule has 3 rings (SSSR count). The third-order valence-corrected chi connectivity index (χ3v) is 4.94. The van der Waals surface area contributed by atoms with E-state index in [1.807, 2.05) is 36.6 Å². The van der Waals surface area contributed by atoms with E-state index >= 15 is 0 Å². The van der Waals surface area contributed by atoms with Gasteiger partial charge in [0.05, 0.1) is 6.61 Å². The highest BCUT2D eigenvalue weighted by molar-refractivity contribution is 5.92. The molecule has 2 aliphatic rings. The van der Waals surface area contributed by atoms with Crippen molar-refractivity contribution in [3.8, 4) is 0 Å². The van der Waals surface area contributed by atoms with Crippen LogP contribution in [0.4, 0.5) is 0 Å². The second kappa shape index (κ2) is 6.51. The van der Waals surface area contributed by atoms with Crippen LogP contribution in [0.3, 0.4) is 0 Å². The first-order valence-electron chi connectivity index (χ1n) is 8.49. The van der Waals surface area contributed by atoms with Crippen LogP contribution >= 0.6 is 0 Å². The molecule has 130 valence electrons. The lowest BCUT2D eigenvalue weighted by molar-refractivity contribution is -0.135. The van der Waals surface area contributed by atoms with Gasteiger partial charge in [-0.15, -0.1) is 0 Å². The zero-order valence-electron chi connectivity index (χ0n) is 14.6. The second-order valence-electron chi connectivity index (χ2n) is 7.31. The van der Waals surface area contributed by atoms with Crippen LogP contribution in [-0.2, 0) is 9.53 Å². The van der Waals surface area contributed by atoms with Crippen molar-refractivity contribution < 1.29 is 14.3 Å². The van der Waals surface area contributed by atoms with Gasteiger partial charge in [-0.05, 0) is 38.8 Å². The molecule has 0 saturated carbocycles. The molecule has 6 nitrogen and oxygen atoms in total. The molecule has 2 aliphatic heterocycles. The Kier molecular flexibility index (Phi) is 4.58. The van der Waals surface area contributed by atoms with Gasteiger partial charge < -0.3 is 14.5 Å². The standard InChI is InChI=1S/C18H25N3O3/c1-13(2)21-11-18(12-24-9-16(21)22)6-7-20(10-18)17(23)15-5-4-14(3)8-19-15/h4-5,8,13H,6-7,9-12H2,1-3H3. The normalized spacial score (nSPS) is 24.8. The Labute approximate surface area is 142 Å². The summed E-state index contributed by atoms with van der Waals surface area (Å²) < 4.78 is 5.63. The Bertz CT molecular complexity index is 629. The number of carbonyl (C=O) groups excluding carboxylic acids is 2. The molecule has 1 unspecified atom stereocenters. The molecular weight excluding hydrogens is 306 g/mol. The maximum Gasteiger partial charge on any atom is 0.272 e. The quantitative estimate of drug-likeness (QED) is 0.824. The minimum Gasteiger partial charge on any atom is -0.371 e. The van der Waals surface area contributed by atoms with Crippen molar-refractivity contribution in [3.63, 3.8) is 0 Å². The topological polar surface area (TPSA) is 62.7 Å². The molecule has 1 aromatic heterocycles. The number of aromatic nitrogens is 1. The van der Waals surface area contributed by atoms with Gasteiger partial charge in [-0.2, -0.15) is 0 Å². The van der Waals surface area contributed by atoms with Crippen LogP contribution in [0.25, 0.3) is 0 Å². The maximum atomic E-state index is 12.7. The molecule has 2 fully saturated rings. The molecule has 6 heteroatoms. The van der Waals surface area contributed by atoms with Gasteiger partial charge in [-0.25, -0.2) is 0 Å². The molecule has 0 bridgehead atoms. The van der Waals surface area contributed by atoms with E-state index in [1.165, 1.54) is 0 Å². The highest BCUT2D eigenvalue weighted by Crippen LogP contribution is 2.34. The predicted molar refractivity (Wildman–Crippen MR) is 89.6 cm³/mol. The number of hydrogen-bond donors (Lipinski definition) is 0. The Balaban J connectivity index is 1.74. The number of aryl methyl sites for hydroxylation is 1. The minimum atomic E-state index is -0.170. The van der Waals surface area contributed by atoms with Crippen LogP contribution in [0.15, 0.2) is 18.3 Å². The smallest absolute Gasteiger partial charge is 0.272 e. The van der Waals surface area contributed by atoms with E-state index in [2.05, 4.69) is 4.98 Å². The summed E-state index contributed by atoms with van der Waals surface area (Å²) in [6, 6.07) is 3.82. The number of nitrogens with zero attached hydrogens (tertiary/aromatic N) is 3. The molecule has 2 amide bonds. The fourth-order valence-electron chi connectivity index (χ4n) is 3.52.